The van der Waals surface area contributed by atoms with Crippen LogP contribution < -0.4 is 9.47 Å². The number of pyridine rings is 4. The van der Waals surface area contributed by atoms with Crippen LogP contribution in [0.5, 0.6) is 23.0 Å². The minimum atomic E-state index is 0. The summed E-state index contributed by atoms with van der Waals surface area (Å²) in [5.74, 6) is 3.03. The van der Waals surface area contributed by atoms with Crippen molar-refractivity contribution in [3.05, 3.63) is 285 Å². The smallest absolute Gasteiger partial charge is 0.142 e. The summed E-state index contributed by atoms with van der Waals surface area (Å²) in [4.78, 5) is 20.1. The minimum absolute atomic E-state index is 0. The molecule has 0 N–H and O–H groups in total. The van der Waals surface area contributed by atoms with E-state index in [1.54, 1.807) is 0 Å². The van der Waals surface area contributed by atoms with Crippen molar-refractivity contribution in [2.24, 2.45) is 0 Å². The van der Waals surface area contributed by atoms with Crippen molar-refractivity contribution in [2.75, 3.05) is 0 Å². The summed E-state index contributed by atoms with van der Waals surface area (Å²) in [7, 11) is 0. The second kappa shape index (κ2) is 33.7. The fraction of sp³-hybridized carbons (Fsp3) is 0.313. The predicted molar refractivity (Wildman–Crippen MR) is 457 cm³/mol. The van der Waals surface area contributed by atoms with Crippen molar-refractivity contribution < 1.29 is 49.7 Å². The molecule has 8 aromatic carbocycles. The molecule has 109 heavy (non-hydrogen) atoms. The molecule has 4 aromatic heterocycles. The summed E-state index contributed by atoms with van der Waals surface area (Å²) in [5, 5.41) is 0. The van der Waals surface area contributed by atoms with Gasteiger partial charge in [-0.1, -0.05) is 168 Å². The second-order valence-electron chi connectivity index (χ2n) is 30.5. The predicted octanol–water partition coefficient (Wildman–Crippen LogP) is 27.8. The molecule has 10 heteroatoms. The van der Waals surface area contributed by atoms with E-state index in [2.05, 4.69) is 312 Å². The van der Waals surface area contributed by atoms with Gasteiger partial charge in [-0.05, 0) is 262 Å². The molecule has 6 nitrogen and oxygen atoms in total. The maximum atomic E-state index is 6.60. The van der Waals surface area contributed by atoms with Gasteiger partial charge in [-0.3, -0.25) is 0 Å². The largest absolute Gasteiger partial charge is 0.456 e. The van der Waals surface area contributed by atoms with Crippen molar-refractivity contribution >= 4 is 31.9 Å². The Morgan fingerprint density at radius 2 is 0.505 bits per heavy atom. The van der Waals surface area contributed by atoms with Crippen LogP contribution in [0.3, 0.4) is 0 Å². The fourth-order valence-corrected chi connectivity index (χ4v) is 16.2. The number of hydrogen-bond acceptors (Lipinski definition) is 6. The maximum absolute atomic E-state index is 6.60. The summed E-state index contributed by atoms with van der Waals surface area (Å²) < 4.78 is 15.0. The van der Waals surface area contributed by atoms with Crippen LogP contribution in [0.15, 0.2) is 81.7 Å². The van der Waals surface area contributed by atoms with Crippen molar-refractivity contribution in [2.45, 2.75) is 214 Å². The van der Waals surface area contributed by atoms with E-state index < -0.39 is 0 Å². The molecule has 0 amide bonds. The minimum Gasteiger partial charge on any atom is -0.456 e. The molecule has 0 saturated heterocycles. The van der Waals surface area contributed by atoms with Crippen LogP contribution in [0.25, 0.3) is 78.4 Å². The molecule has 0 bridgehead atoms. The summed E-state index contributed by atoms with van der Waals surface area (Å²) >= 11 is 7.66. The molecule has 12 aromatic rings. The first kappa shape index (κ1) is 85.2. The number of aryl methyl sites for hydroxylation is 8. The molecule has 4 heterocycles. The average molecular weight is 1930 g/mol. The number of nitrogens with zero attached hydrogens (tertiary/aromatic N) is 4. The normalized spacial score (nSPS) is 11.3. The molecule has 0 fully saturated rings. The Balaban J connectivity index is 0.000000264. The first-order valence-electron chi connectivity index (χ1n) is 37.4. The topological polar surface area (TPSA) is 70.0 Å². The van der Waals surface area contributed by atoms with Gasteiger partial charge in [-0.2, -0.15) is 0 Å². The molecule has 2 radical (unpaired) electrons. The molecular weight excluding hydrogens is 1820 g/mol. The molecule has 0 unspecified atom stereocenters. The first-order valence-corrected chi connectivity index (χ1v) is 39.0. The van der Waals surface area contributed by atoms with Crippen LogP contribution >= 0.6 is 31.9 Å². The van der Waals surface area contributed by atoms with Gasteiger partial charge in [0.05, 0.1) is 8.95 Å². The van der Waals surface area contributed by atoms with Crippen molar-refractivity contribution in [1.29, 1.82) is 0 Å². The molecular formula is C99H104Br2Ir2N4O2-4. The molecule has 13 rings (SSSR count). The standard InChI is InChI=1S/C61H56Br2N2O2.2C19H24N.2Ir/c1-30-23-50(36(7)34(5)32(30)3)60-40(11)38(9)58(42(13)64-60)44-15-19-48(20-16-44)66-56-28-52-46(26-54(56)62)25-47-27-55(63)57(29-53(47)52)67-49-21-17-45(18-22-49)59-39(10)41(12)61(65-43(59)14)51-24-31(2)33(4)35(6)37(51)8;2*1-10-9-18(15(6)12(3)11(10)2)19-16(7)13(4)14(5)17(8)20-19;;/h15-22,26-29H,25H2,1-14H3;2*1-8H3;;/q-2;2*-1;;. The van der Waals surface area contributed by atoms with E-state index in [0.717, 1.165) is 140 Å². The van der Waals surface area contributed by atoms with Gasteiger partial charge in [-0.25, -0.2) is 0 Å². The summed E-state index contributed by atoms with van der Waals surface area (Å²) in [6, 6.07) is 39.8. The van der Waals surface area contributed by atoms with Crippen LogP contribution in [0, 0.1) is 232 Å². The van der Waals surface area contributed by atoms with Crippen molar-refractivity contribution in [1.82, 2.24) is 19.9 Å². The van der Waals surface area contributed by atoms with E-state index in [1.807, 2.05) is 24.3 Å². The van der Waals surface area contributed by atoms with E-state index in [-0.39, 0.29) is 40.2 Å². The van der Waals surface area contributed by atoms with Gasteiger partial charge in [0.25, 0.3) is 0 Å². The molecule has 0 saturated carbocycles. The van der Waals surface area contributed by atoms with Gasteiger partial charge in [0, 0.05) is 74.1 Å². The number of hydrogen-bond donors (Lipinski definition) is 0. The van der Waals surface area contributed by atoms with Crippen LogP contribution in [0.4, 0.5) is 0 Å². The maximum Gasteiger partial charge on any atom is 0.142 e. The van der Waals surface area contributed by atoms with Gasteiger partial charge in [0.1, 0.15) is 23.0 Å². The molecule has 1 aliphatic carbocycles. The Kier molecular flexibility index (Phi) is 26.3. The average Bonchev–Trinajstić information content (AvgIpc) is 1.72. The molecule has 0 spiro atoms. The summed E-state index contributed by atoms with van der Waals surface area (Å²) in [6.45, 7) is 64.9. The number of halogens is 2. The molecule has 568 valence electrons. The third kappa shape index (κ3) is 16.2. The van der Waals surface area contributed by atoms with Crippen molar-refractivity contribution in [3.8, 4) is 101 Å². The van der Waals surface area contributed by atoms with Gasteiger partial charge < -0.3 is 29.4 Å². The molecule has 1 aliphatic rings. The van der Waals surface area contributed by atoms with Crippen LogP contribution in [0.1, 0.15) is 179 Å². The quantitative estimate of drug-likeness (QED) is 0.127. The van der Waals surface area contributed by atoms with E-state index in [9.17, 15) is 0 Å². The third-order valence-electron chi connectivity index (χ3n) is 24.6. The Labute approximate surface area is 695 Å². The first-order chi connectivity index (χ1) is 50.3. The van der Waals surface area contributed by atoms with Crippen molar-refractivity contribution in [3.63, 3.8) is 0 Å². The molecule has 0 atom stereocenters. The Morgan fingerprint density at radius 3 is 0.771 bits per heavy atom. The number of ether oxygens (including phenoxy) is 2. The Hall–Kier alpha value is -7.78. The van der Waals surface area contributed by atoms with E-state index in [0.29, 0.717) is 0 Å². The van der Waals surface area contributed by atoms with Gasteiger partial charge in [-0.15, -0.1) is 136 Å². The molecule has 0 aliphatic heterocycles. The van der Waals surface area contributed by atoms with Crippen LogP contribution in [-0.2, 0) is 46.6 Å². The zero-order chi connectivity index (χ0) is 78.3. The van der Waals surface area contributed by atoms with E-state index in [1.165, 1.54) is 156 Å². The van der Waals surface area contributed by atoms with Gasteiger partial charge in [0.2, 0.25) is 0 Å². The SMILES string of the molecule is Cc1[c-]c(-c2nc(C)c(-c3ccc(Oc4cc5c(cc4Br)Cc4cc(Br)c(Oc6ccc(-c7c(C)nc(-c8[c-]c(C)c(C)c(C)c8C)c(C)c7C)cc6)cc4-5)cc3)c(C)c2C)c(C)c(C)c1C.Cc1[c-]c(-c2nc(C)c(C)c(C)c2C)c(C)c(C)c1C.Cc1[c-]c(-c2nc(C)c(C)c(C)c2C)c(C)c(C)c1C.[Ir].[Ir]. The second-order valence-corrected chi connectivity index (χ2v) is 32.2. The zero-order valence-corrected chi connectivity index (χ0v) is 77.6. The Bertz CT molecular complexity index is 5200. The van der Waals surface area contributed by atoms with Gasteiger partial charge >= 0.3 is 0 Å². The summed E-state index contributed by atoms with van der Waals surface area (Å²) in [6.07, 6.45) is 0.823. The Morgan fingerprint density at radius 1 is 0.266 bits per heavy atom. The van der Waals surface area contributed by atoms with E-state index >= 15 is 0 Å². The van der Waals surface area contributed by atoms with E-state index in [4.69, 9.17) is 29.4 Å². The zero-order valence-electron chi connectivity index (χ0n) is 69.7. The number of rotatable bonds is 10. The van der Waals surface area contributed by atoms with Crippen LogP contribution in [-0.4, -0.2) is 19.9 Å². The third-order valence-corrected chi connectivity index (χ3v) is 25.9. The van der Waals surface area contributed by atoms with Gasteiger partial charge in [0.15, 0.2) is 0 Å². The number of aromatic nitrogens is 4. The number of benzene rings is 8. The monoisotopic (exact) mass is 1920 g/mol. The summed E-state index contributed by atoms with van der Waals surface area (Å²) in [5.41, 5.74) is 55.3. The fourth-order valence-electron chi connectivity index (χ4n) is 15.3. The van der Waals surface area contributed by atoms with Crippen LogP contribution in [0.2, 0.25) is 0 Å². The number of fused-ring (bicyclic) bond motifs is 3.